The number of ketones is 1. The molecule has 4 nitrogen and oxygen atoms in total. The second kappa shape index (κ2) is 3.14. The molecule has 1 aliphatic heterocycles. The van der Waals surface area contributed by atoms with Gasteiger partial charge in [0.1, 0.15) is 11.7 Å². The predicted molar refractivity (Wildman–Crippen MR) is 53.1 cm³/mol. The number of aliphatic hydroxyl groups is 2. The van der Waals surface area contributed by atoms with Crippen LogP contribution in [-0.2, 0) is 9.53 Å². The summed E-state index contributed by atoms with van der Waals surface area (Å²) in [5, 5.41) is 19.7. The molecular weight excluding hydrogens is 196 g/mol. The molecule has 0 bridgehead atoms. The van der Waals surface area contributed by atoms with Crippen molar-refractivity contribution in [2.24, 2.45) is 0 Å². The van der Waals surface area contributed by atoms with Crippen LogP contribution in [0.5, 0.6) is 0 Å². The quantitative estimate of drug-likeness (QED) is 0.517. The lowest BCUT2D eigenvalue weighted by Gasteiger charge is -2.29. The number of rotatable bonds is 2. The highest BCUT2D eigenvalue weighted by Gasteiger charge is 2.63. The number of fused-ring (bicyclic) bond motifs is 1. The van der Waals surface area contributed by atoms with Crippen molar-refractivity contribution >= 4 is 5.78 Å². The average Bonchev–Trinajstić information content (AvgIpc) is 2.75. The molecule has 15 heavy (non-hydrogen) atoms. The molecule has 2 N–H and O–H groups in total. The first-order valence-corrected chi connectivity index (χ1v) is 5.18. The predicted octanol–water partition coefficient (Wildman–Crippen LogP) is 0.524. The monoisotopic (exact) mass is 212 g/mol. The molecule has 0 radical (unpaired) electrons. The Kier molecular flexibility index (Phi) is 2.26. The van der Waals surface area contributed by atoms with Gasteiger partial charge in [0.15, 0.2) is 11.6 Å². The van der Waals surface area contributed by atoms with Gasteiger partial charge in [-0.15, -0.1) is 0 Å². The van der Waals surface area contributed by atoms with Crippen molar-refractivity contribution in [3.8, 4) is 0 Å². The van der Waals surface area contributed by atoms with E-state index in [1.54, 1.807) is 0 Å². The molecule has 3 atom stereocenters. The molecule has 1 heterocycles. The Morgan fingerprint density at radius 3 is 2.60 bits per heavy atom. The van der Waals surface area contributed by atoms with E-state index in [0.717, 1.165) is 5.57 Å². The third-order valence-corrected chi connectivity index (χ3v) is 3.09. The molecule has 0 aromatic carbocycles. The standard InChI is InChI=1S/C11H16O4/c1-7(2)5-8(12)10(13)3-4-11(14)9(6-10)15-11/h5,9,13-14H,3-4,6H2,1-2H3/t9-,10+,11+/m1/s1. The minimum absolute atomic E-state index is 0.201. The molecule has 1 saturated carbocycles. The Labute approximate surface area is 88.6 Å². The summed E-state index contributed by atoms with van der Waals surface area (Å²) in [6, 6.07) is 0. The molecule has 1 aliphatic carbocycles. The molecule has 1 saturated heterocycles. The molecule has 0 amide bonds. The van der Waals surface area contributed by atoms with Crippen molar-refractivity contribution in [3.63, 3.8) is 0 Å². The molecule has 2 rings (SSSR count). The summed E-state index contributed by atoms with van der Waals surface area (Å²) in [6.45, 7) is 3.63. The maximum absolute atomic E-state index is 11.7. The number of hydrogen-bond donors (Lipinski definition) is 2. The molecule has 0 aromatic rings. The van der Waals surface area contributed by atoms with Gasteiger partial charge in [-0.3, -0.25) is 4.79 Å². The van der Waals surface area contributed by atoms with Crippen LogP contribution in [-0.4, -0.2) is 33.5 Å². The SMILES string of the molecule is CC(C)=CC(=O)[C@]1(O)CC[C@]2(O)O[C@@H]2C1. The summed E-state index contributed by atoms with van der Waals surface area (Å²) in [7, 11) is 0. The van der Waals surface area contributed by atoms with Crippen molar-refractivity contribution in [2.75, 3.05) is 0 Å². The van der Waals surface area contributed by atoms with E-state index >= 15 is 0 Å². The second-order valence-electron chi connectivity index (χ2n) is 4.77. The number of carbonyl (C=O) groups excluding carboxylic acids is 1. The highest BCUT2D eigenvalue weighted by atomic mass is 16.7. The first-order valence-electron chi connectivity index (χ1n) is 5.18. The van der Waals surface area contributed by atoms with Crippen molar-refractivity contribution in [2.45, 2.75) is 50.6 Å². The second-order valence-corrected chi connectivity index (χ2v) is 4.77. The lowest BCUT2D eigenvalue weighted by molar-refractivity contribution is -0.136. The van der Waals surface area contributed by atoms with Crippen LogP contribution in [0.25, 0.3) is 0 Å². The third-order valence-electron chi connectivity index (χ3n) is 3.09. The van der Waals surface area contributed by atoms with E-state index in [2.05, 4.69) is 0 Å². The molecule has 84 valence electrons. The fourth-order valence-corrected chi connectivity index (χ4v) is 2.05. The van der Waals surface area contributed by atoms with Gasteiger partial charge in [-0.1, -0.05) is 5.57 Å². The number of ether oxygens (including phenoxy) is 1. The number of carbonyl (C=O) groups is 1. The molecule has 0 aromatic heterocycles. The Hall–Kier alpha value is -0.710. The topological polar surface area (TPSA) is 70.1 Å². The van der Waals surface area contributed by atoms with Crippen molar-refractivity contribution in [3.05, 3.63) is 11.6 Å². The number of allylic oxidation sites excluding steroid dienone is 1. The van der Waals surface area contributed by atoms with Gasteiger partial charge < -0.3 is 14.9 Å². The Morgan fingerprint density at radius 2 is 2.07 bits per heavy atom. The minimum Gasteiger partial charge on any atom is -0.382 e. The normalized spacial score (nSPS) is 43.1. The zero-order chi connectivity index (χ0) is 11.3. The lowest BCUT2D eigenvalue weighted by atomic mass is 9.80. The van der Waals surface area contributed by atoms with E-state index in [0.29, 0.717) is 6.42 Å². The highest BCUT2D eigenvalue weighted by molar-refractivity contribution is 5.97. The van der Waals surface area contributed by atoms with Crippen LogP contribution in [0.4, 0.5) is 0 Å². The highest BCUT2D eigenvalue weighted by Crippen LogP contribution is 2.49. The van der Waals surface area contributed by atoms with Gasteiger partial charge in [0.25, 0.3) is 0 Å². The van der Waals surface area contributed by atoms with E-state index in [9.17, 15) is 15.0 Å². The Bertz CT molecular complexity index is 331. The lowest BCUT2D eigenvalue weighted by Crippen LogP contribution is -2.44. The fraction of sp³-hybridized carbons (Fsp3) is 0.727. The van der Waals surface area contributed by atoms with Crippen LogP contribution >= 0.6 is 0 Å². The van der Waals surface area contributed by atoms with Crippen LogP contribution in [0, 0.1) is 0 Å². The van der Waals surface area contributed by atoms with E-state index in [-0.39, 0.29) is 24.7 Å². The van der Waals surface area contributed by atoms with Crippen LogP contribution in [0.2, 0.25) is 0 Å². The van der Waals surface area contributed by atoms with E-state index in [1.165, 1.54) is 6.08 Å². The first-order chi connectivity index (χ1) is 6.86. The average molecular weight is 212 g/mol. The fourth-order valence-electron chi connectivity index (χ4n) is 2.05. The van der Waals surface area contributed by atoms with Gasteiger partial charge >= 0.3 is 0 Å². The van der Waals surface area contributed by atoms with E-state index < -0.39 is 11.4 Å². The summed E-state index contributed by atoms with van der Waals surface area (Å²) in [5.74, 6) is -1.34. The summed E-state index contributed by atoms with van der Waals surface area (Å²) in [5.41, 5.74) is -0.476. The van der Waals surface area contributed by atoms with Gasteiger partial charge in [-0.2, -0.15) is 0 Å². The molecule has 0 unspecified atom stereocenters. The number of epoxide rings is 1. The van der Waals surface area contributed by atoms with Crippen molar-refractivity contribution < 1.29 is 19.7 Å². The first kappa shape index (κ1) is 10.8. The zero-order valence-corrected chi connectivity index (χ0v) is 8.99. The number of hydrogen-bond acceptors (Lipinski definition) is 4. The zero-order valence-electron chi connectivity index (χ0n) is 8.99. The maximum atomic E-state index is 11.7. The summed E-state index contributed by atoms with van der Waals surface area (Å²) in [6.07, 6.45) is 1.88. The van der Waals surface area contributed by atoms with Crippen LogP contribution < -0.4 is 0 Å². The summed E-state index contributed by atoms with van der Waals surface area (Å²) < 4.78 is 5.04. The van der Waals surface area contributed by atoms with Crippen LogP contribution in [0.1, 0.15) is 33.1 Å². The van der Waals surface area contributed by atoms with Crippen LogP contribution in [0.15, 0.2) is 11.6 Å². The minimum atomic E-state index is -1.34. The van der Waals surface area contributed by atoms with Gasteiger partial charge in [0, 0.05) is 12.8 Å². The van der Waals surface area contributed by atoms with Crippen molar-refractivity contribution in [1.82, 2.24) is 0 Å². The Morgan fingerprint density at radius 1 is 1.40 bits per heavy atom. The summed E-state index contributed by atoms with van der Waals surface area (Å²) in [4.78, 5) is 11.7. The van der Waals surface area contributed by atoms with Gasteiger partial charge in [0.05, 0.1) is 0 Å². The Balaban J connectivity index is 2.09. The third kappa shape index (κ3) is 1.85. The maximum Gasteiger partial charge on any atom is 0.193 e. The molecule has 2 aliphatic rings. The van der Waals surface area contributed by atoms with Gasteiger partial charge in [0.2, 0.25) is 0 Å². The molecule has 4 heteroatoms. The van der Waals surface area contributed by atoms with Crippen LogP contribution in [0.3, 0.4) is 0 Å². The smallest absolute Gasteiger partial charge is 0.193 e. The summed E-state index contributed by atoms with van der Waals surface area (Å²) >= 11 is 0. The molecule has 0 spiro atoms. The molecule has 2 fully saturated rings. The van der Waals surface area contributed by atoms with Crippen molar-refractivity contribution in [1.29, 1.82) is 0 Å². The van der Waals surface area contributed by atoms with Gasteiger partial charge in [-0.25, -0.2) is 0 Å². The molecular formula is C11H16O4. The largest absolute Gasteiger partial charge is 0.382 e. The van der Waals surface area contributed by atoms with E-state index in [1.807, 2.05) is 13.8 Å². The van der Waals surface area contributed by atoms with Gasteiger partial charge in [-0.05, 0) is 26.3 Å². The van der Waals surface area contributed by atoms with E-state index in [4.69, 9.17) is 4.74 Å².